The quantitative estimate of drug-likeness (QED) is 0.838. The Balaban J connectivity index is 2.47. The number of hydrogen-bond donors (Lipinski definition) is 1. The molecule has 3 heteroatoms. The number of nitrogens with one attached hydrogen (secondary N) is 1. The predicted molar refractivity (Wildman–Crippen MR) is 75.8 cm³/mol. The molecule has 1 heterocycles. The zero-order chi connectivity index (χ0) is 13.6. The summed E-state index contributed by atoms with van der Waals surface area (Å²) < 4.78 is 5.77. The number of rotatable bonds is 6. The number of nitrogens with zero attached hydrogens (tertiary/aromatic N) is 1. The Morgan fingerprint density at radius 3 is 2.56 bits per heavy atom. The summed E-state index contributed by atoms with van der Waals surface area (Å²) in [5.41, 5.74) is 1.16. The first kappa shape index (κ1) is 15.0. The second-order valence-electron chi connectivity index (χ2n) is 5.81. The minimum absolute atomic E-state index is 0.118. The first-order valence-corrected chi connectivity index (χ1v) is 6.77. The van der Waals surface area contributed by atoms with E-state index >= 15 is 0 Å². The molecule has 1 aromatic heterocycles. The van der Waals surface area contributed by atoms with Crippen molar-refractivity contribution in [3.05, 3.63) is 24.0 Å². The number of ether oxygens (including phenoxy) is 1. The van der Waals surface area contributed by atoms with Gasteiger partial charge in [-0.3, -0.25) is 4.98 Å². The third kappa shape index (κ3) is 6.01. The van der Waals surface area contributed by atoms with Crippen molar-refractivity contribution in [3.8, 4) is 5.75 Å². The van der Waals surface area contributed by atoms with Crippen LogP contribution in [0.25, 0.3) is 0 Å². The molecule has 0 fully saturated rings. The van der Waals surface area contributed by atoms with E-state index in [1.165, 1.54) is 0 Å². The van der Waals surface area contributed by atoms with Crippen molar-refractivity contribution >= 4 is 0 Å². The molecule has 0 saturated heterocycles. The minimum Gasteiger partial charge on any atom is -0.489 e. The lowest BCUT2D eigenvalue weighted by Gasteiger charge is -2.20. The van der Waals surface area contributed by atoms with E-state index in [-0.39, 0.29) is 11.6 Å². The highest BCUT2D eigenvalue weighted by molar-refractivity contribution is 5.20. The molecule has 1 unspecified atom stereocenters. The van der Waals surface area contributed by atoms with Gasteiger partial charge in [0.25, 0.3) is 0 Å². The van der Waals surface area contributed by atoms with Gasteiger partial charge < -0.3 is 10.1 Å². The van der Waals surface area contributed by atoms with Gasteiger partial charge in [0.15, 0.2) is 0 Å². The van der Waals surface area contributed by atoms with Crippen LogP contribution in [-0.2, 0) is 6.54 Å². The Morgan fingerprint density at radius 2 is 2.06 bits per heavy atom. The Kier molecular flexibility index (Phi) is 5.60. The van der Waals surface area contributed by atoms with E-state index in [2.05, 4.69) is 44.9 Å². The molecule has 1 rings (SSSR count). The first-order valence-electron chi connectivity index (χ1n) is 6.77. The lowest BCUT2D eigenvalue weighted by Crippen LogP contribution is -2.35. The van der Waals surface area contributed by atoms with Gasteiger partial charge in [0.05, 0.1) is 18.0 Å². The standard InChI is InChI=1S/C15H26N2O/c1-6-7-12(2)18-14-9-8-13(16-11-14)10-17-15(3,4)5/h8-9,11-12,17H,6-7,10H2,1-5H3. The molecule has 0 saturated carbocycles. The summed E-state index contributed by atoms with van der Waals surface area (Å²) in [6.45, 7) is 11.5. The molecule has 0 radical (unpaired) electrons. The highest BCUT2D eigenvalue weighted by Crippen LogP contribution is 2.13. The van der Waals surface area contributed by atoms with Crippen molar-refractivity contribution in [2.24, 2.45) is 0 Å². The van der Waals surface area contributed by atoms with Crippen LogP contribution in [0.3, 0.4) is 0 Å². The normalized spacial score (nSPS) is 13.4. The van der Waals surface area contributed by atoms with Gasteiger partial charge in [-0.25, -0.2) is 0 Å². The summed E-state index contributed by atoms with van der Waals surface area (Å²) in [5.74, 6) is 0.857. The van der Waals surface area contributed by atoms with Gasteiger partial charge in [-0.2, -0.15) is 0 Å². The summed E-state index contributed by atoms with van der Waals surface area (Å²) in [4.78, 5) is 4.41. The van der Waals surface area contributed by atoms with Gasteiger partial charge in [0.1, 0.15) is 5.75 Å². The topological polar surface area (TPSA) is 34.1 Å². The van der Waals surface area contributed by atoms with Gasteiger partial charge >= 0.3 is 0 Å². The summed E-state index contributed by atoms with van der Waals surface area (Å²) >= 11 is 0. The van der Waals surface area contributed by atoms with Crippen LogP contribution in [0.5, 0.6) is 5.75 Å². The fourth-order valence-corrected chi connectivity index (χ4v) is 1.64. The van der Waals surface area contributed by atoms with Gasteiger partial charge in [0, 0.05) is 12.1 Å². The van der Waals surface area contributed by atoms with E-state index in [1.54, 1.807) is 0 Å². The third-order valence-corrected chi connectivity index (χ3v) is 2.63. The molecular weight excluding hydrogens is 224 g/mol. The lowest BCUT2D eigenvalue weighted by atomic mass is 10.1. The van der Waals surface area contributed by atoms with Crippen molar-refractivity contribution in [1.29, 1.82) is 0 Å². The zero-order valence-electron chi connectivity index (χ0n) is 12.3. The average Bonchev–Trinajstić information content (AvgIpc) is 2.27. The predicted octanol–water partition coefficient (Wildman–Crippen LogP) is 3.54. The third-order valence-electron chi connectivity index (χ3n) is 2.63. The fourth-order valence-electron chi connectivity index (χ4n) is 1.64. The zero-order valence-corrected chi connectivity index (χ0v) is 12.3. The summed E-state index contributed by atoms with van der Waals surface area (Å²) in [7, 11) is 0. The van der Waals surface area contributed by atoms with Crippen molar-refractivity contribution < 1.29 is 4.74 Å². The van der Waals surface area contributed by atoms with Crippen LogP contribution < -0.4 is 10.1 Å². The van der Waals surface area contributed by atoms with Crippen molar-refractivity contribution in [3.63, 3.8) is 0 Å². The van der Waals surface area contributed by atoms with Crippen LogP contribution in [0, 0.1) is 0 Å². The van der Waals surface area contributed by atoms with Crippen LogP contribution in [-0.4, -0.2) is 16.6 Å². The lowest BCUT2D eigenvalue weighted by molar-refractivity contribution is 0.209. The van der Waals surface area contributed by atoms with E-state index in [9.17, 15) is 0 Å². The van der Waals surface area contributed by atoms with Gasteiger partial charge in [-0.15, -0.1) is 0 Å². The largest absolute Gasteiger partial charge is 0.489 e. The molecule has 0 spiro atoms. The van der Waals surface area contributed by atoms with E-state index in [1.807, 2.05) is 18.3 Å². The molecule has 0 bridgehead atoms. The average molecular weight is 250 g/mol. The second kappa shape index (κ2) is 6.74. The molecular formula is C15H26N2O. The number of hydrogen-bond acceptors (Lipinski definition) is 3. The number of pyridine rings is 1. The van der Waals surface area contributed by atoms with Crippen molar-refractivity contribution in [2.45, 2.75) is 65.6 Å². The molecule has 1 aromatic rings. The first-order chi connectivity index (χ1) is 8.40. The summed E-state index contributed by atoms with van der Waals surface area (Å²) in [6.07, 6.45) is 4.29. The maximum Gasteiger partial charge on any atom is 0.138 e. The molecule has 0 aromatic carbocycles. The fraction of sp³-hybridized carbons (Fsp3) is 0.667. The van der Waals surface area contributed by atoms with E-state index < -0.39 is 0 Å². The van der Waals surface area contributed by atoms with Crippen LogP contribution >= 0.6 is 0 Å². The molecule has 102 valence electrons. The second-order valence-corrected chi connectivity index (χ2v) is 5.81. The molecule has 18 heavy (non-hydrogen) atoms. The molecule has 0 aliphatic heterocycles. The van der Waals surface area contributed by atoms with Crippen molar-refractivity contribution in [1.82, 2.24) is 10.3 Å². The SMILES string of the molecule is CCCC(C)Oc1ccc(CNC(C)(C)C)nc1. The van der Waals surface area contributed by atoms with E-state index in [0.717, 1.165) is 30.8 Å². The van der Waals surface area contributed by atoms with Crippen LogP contribution in [0.1, 0.15) is 53.2 Å². The molecule has 0 aliphatic rings. The highest BCUT2D eigenvalue weighted by Gasteiger charge is 2.09. The molecule has 3 nitrogen and oxygen atoms in total. The van der Waals surface area contributed by atoms with Crippen LogP contribution in [0.15, 0.2) is 18.3 Å². The Morgan fingerprint density at radius 1 is 1.33 bits per heavy atom. The van der Waals surface area contributed by atoms with E-state index in [0.29, 0.717) is 0 Å². The van der Waals surface area contributed by atoms with Crippen molar-refractivity contribution in [2.75, 3.05) is 0 Å². The summed E-state index contributed by atoms with van der Waals surface area (Å²) in [5, 5.41) is 3.42. The van der Waals surface area contributed by atoms with E-state index in [4.69, 9.17) is 4.74 Å². The Hall–Kier alpha value is -1.09. The maximum absolute atomic E-state index is 5.77. The maximum atomic E-state index is 5.77. The molecule has 0 amide bonds. The number of aromatic nitrogens is 1. The monoisotopic (exact) mass is 250 g/mol. The molecule has 0 aliphatic carbocycles. The van der Waals surface area contributed by atoms with Crippen LogP contribution in [0.2, 0.25) is 0 Å². The van der Waals surface area contributed by atoms with Gasteiger partial charge in [-0.1, -0.05) is 13.3 Å². The molecule has 1 N–H and O–H groups in total. The van der Waals surface area contributed by atoms with Crippen LogP contribution in [0.4, 0.5) is 0 Å². The van der Waals surface area contributed by atoms with Gasteiger partial charge in [0.2, 0.25) is 0 Å². The van der Waals surface area contributed by atoms with Gasteiger partial charge in [-0.05, 0) is 46.2 Å². The highest BCUT2D eigenvalue weighted by atomic mass is 16.5. The Labute approximate surface area is 111 Å². The Bertz CT molecular complexity index is 341. The smallest absolute Gasteiger partial charge is 0.138 e. The molecule has 1 atom stereocenters. The summed E-state index contributed by atoms with van der Waals surface area (Å²) in [6, 6.07) is 4.02. The minimum atomic E-state index is 0.118.